The quantitative estimate of drug-likeness (QED) is 0.230. The molecule has 27 heavy (non-hydrogen) atoms. The molecule has 0 bridgehead atoms. The molecule has 0 unspecified atom stereocenters. The summed E-state index contributed by atoms with van der Waals surface area (Å²) in [4.78, 5) is 34.2. The van der Waals surface area contributed by atoms with Gasteiger partial charge in [-0.2, -0.15) is 17.6 Å². The molecule has 0 aromatic rings. The van der Waals surface area contributed by atoms with E-state index in [1.165, 1.54) is 0 Å². The summed E-state index contributed by atoms with van der Waals surface area (Å²) in [6.45, 7) is 3.49. The fourth-order valence-corrected chi connectivity index (χ4v) is 1.72. The topological polar surface area (TPSA) is 78.9 Å². The second kappa shape index (κ2) is 8.88. The van der Waals surface area contributed by atoms with Gasteiger partial charge < -0.3 is 14.2 Å². The molecule has 0 aliphatic heterocycles. The highest BCUT2D eigenvalue weighted by atomic mass is 19.3. The third-order valence-corrected chi connectivity index (χ3v) is 4.17. The predicted molar refractivity (Wildman–Crippen MR) is 84.2 cm³/mol. The van der Waals surface area contributed by atoms with Gasteiger partial charge in [-0.15, -0.1) is 0 Å². The maximum Gasteiger partial charge on any atom is 0.377 e. The first-order valence-corrected chi connectivity index (χ1v) is 8.59. The van der Waals surface area contributed by atoms with Crippen LogP contribution in [-0.4, -0.2) is 49.6 Å². The van der Waals surface area contributed by atoms with Gasteiger partial charge >= 0.3 is 29.8 Å². The second-order valence-electron chi connectivity index (χ2n) is 7.14. The maximum atomic E-state index is 13.6. The summed E-state index contributed by atoms with van der Waals surface area (Å²) >= 11 is 0. The van der Waals surface area contributed by atoms with E-state index in [4.69, 9.17) is 4.74 Å². The van der Waals surface area contributed by atoms with Gasteiger partial charge in [-0.05, 0) is 39.0 Å². The van der Waals surface area contributed by atoms with Gasteiger partial charge in [0.05, 0.1) is 18.4 Å². The minimum atomic E-state index is -4.60. The minimum Gasteiger partial charge on any atom is -0.462 e. The lowest BCUT2D eigenvalue weighted by Crippen LogP contribution is -2.42. The zero-order valence-corrected chi connectivity index (χ0v) is 15.5. The molecule has 0 spiro atoms. The van der Waals surface area contributed by atoms with Crippen molar-refractivity contribution in [2.45, 2.75) is 58.3 Å². The van der Waals surface area contributed by atoms with E-state index in [9.17, 15) is 31.9 Å². The van der Waals surface area contributed by atoms with Gasteiger partial charge in [0.15, 0.2) is 0 Å². The number of hydrogen-bond acceptors (Lipinski definition) is 6. The van der Waals surface area contributed by atoms with Crippen molar-refractivity contribution in [3.05, 3.63) is 0 Å². The summed E-state index contributed by atoms with van der Waals surface area (Å²) in [5, 5.41) is 0. The zero-order valence-electron chi connectivity index (χ0n) is 15.5. The third kappa shape index (κ3) is 7.34. The molecule has 1 rings (SSSR count). The van der Waals surface area contributed by atoms with Crippen molar-refractivity contribution in [1.82, 2.24) is 0 Å². The normalized spacial score (nSPS) is 15.2. The standard InChI is InChI=1S/C17H24F4O6/c1-4-15(2,3)12(22)25-7-8-26-13(23)16(18,19)10-17(20,21)14(24)27-9-11-5-6-11/h11H,4-10H2,1-3H3. The van der Waals surface area contributed by atoms with Crippen LogP contribution in [0.1, 0.15) is 46.5 Å². The molecule has 0 aromatic heterocycles. The predicted octanol–water partition coefficient (Wildman–Crippen LogP) is 3.12. The average Bonchev–Trinajstić information content (AvgIpc) is 3.39. The minimum absolute atomic E-state index is 0.0179. The summed E-state index contributed by atoms with van der Waals surface area (Å²) in [5.74, 6) is -14.1. The van der Waals surface area contributed by atoms with E-state index in [2.05, 4.69) is 9.47 Å². The molecule has 0 heterocycles. The van der Waals surface area contributed by atoms with E-state index < -0.39 is 54.8 Å². The third-order valence-electron chi connectivity index (χ3n) is 4.17. The highest BCUT2D eigenvalue weighted by Gasteiger charge is 2.55. The first-order valence-electron chi connectivity index (χ1n) is 8.59. The summed E-state index contributed by atoms with van der Waals surface area (Å²) in [6.07, 6.45) is -0.441. The number of ether oxygens (including phenoxy) is 3. The first kappa shape index (κ1) is 23.2. The Morgan fingerprint density at radius 2 is 1.30 bits per heavy atom. The maximum absolute atomic E-state index is 13.6. The van der Waals surface area contributed by atoms with Crippen molar-refractivity contribution in [2.24, 2.45) is 11.3 Å². The molecular formula is C17H24F4O6. The Morgan fingerprint density at radius 1 is 0.852 bits per heavy atom. The molecule has 1 fully saturated rings. The van der Waals surface area contributed by atoms with E-state index in [-0.39, 0.29) is 12.5 Å². The Morgan fingerprint density at radius 3 is 1.74 bits per heavy atom. The van der Waals surface area contributed by atoms with Crippen LogP contribution in [0, 0.1) is 11.3 Å². The highest BCUT2D eigenvalue weighted by Crippen LogP contribution is 2.34. The van der Waals surface area contributed by atoms with Gasteiger partial charge in [0.25, 0.3) is 0 Å². The lowest BCUT2D eigenvalue weighted by atomic mass is 9.91. The zero-order chi connectivity index (χ0) is 20.9. The summed E-state index contributed by atoms with van der Waals surface area (Å²) in [6, 6.07) is 0. The van der Waals surface area contributed by atoms with Crippen LogP contribution < -0.4 is 0 Å². The molecule has 1 saturated carbocycles. The van der Waals surface area contributed by atoms with Gasteiger partial charge in [-0.25, -0.2) is 9.59 Å². The second-order valence-corrected chi connectivity index (χ2v) is 7.14. The molecule has 0 radical (unpaired) electrons. The van der Waals surface area contributed by atoms with Crippen LogP contribution in [-0.2, 0) is 28.6 Å². The van der Waals surface area contributed by atoms with E-state index >= 15 is 0 Å². The van der Waals surface area contributed by atoms with Crippen molar-refractivity contribution < 1.29 is 46.2 Å². The smallest absolute Gasteiger partial charge is 0.377 e. The molecule has 0 N–H and O–H groups in total. The van der Waals surface area contributed by atoms with E-state index in [0.29, 0.717) is 6.42 Å². The number of hydrogen-bond donors (Lipinski definition) is 0. The van der Waals surface area contributed by atoms with E-state index in [1.807, 2.05) is 0 Å². The molecule has 156 valence electrons. The summed E-state index contributed by atoms with van der Waals surface area (Å²) in [5.41, 5.74) is -0.795. The number of carbonyl (C=O) groups excluding carboxylic acids is 3. The molecule has 1 aliphatic carbocycles. The Bertz CT molecular complexity index is 558. The van der Waals surface area contributed by atoms with Crippen LogP contribution in [0.25, 0.3) is 0 Å². The van der Waals surface area contributed by atoms with E-state index in [0.717, 1.165) is 12.8 Å². The molecule has 6 nitrogen and oxygen atoms in total. The van der Waals surface area contributed by atoms with Crippen molar-refractivity contribution in [2.75, 3.05) is 19.8 Å². The molecule has 0 atom stereocenters. The number of esters is 3. The first-order chi connectivity index (χ1) is 12.3. The van der Waals surface area contributed by atoms with Crippen LogP contribution in [0.3, 0.4) is 0 Å². The van der Waals surface area contributed by atoms with Crippen molar-refractivity contribution in [1.29, 1.82) is 0 Å². The fraction of sp³-hybridized carbons (Fsp3) is 0.824. The largest absolute Gasteiger partial charge is 0.462 e. The highest BCUT2D eigenvalue weighted by molar-refractivity contribution is 5.82. The van der Waals surface area contributed by atoms with Crippen LogP contribution >= 0.6 is 0 Å². The van der Waals surface area contributed by atoms with Gasteiger partial charge in [0.2, 0.25) is 0 Å². The van der Waals surface area contributed by atoms with Crippen LogP contribution in [0.5, 0.6) is 0 Å². The van der Waals surface area contributed by atoms with Gasteiger partial charge in [0, 0.05) is 0 Å². The van der Waals surface area contributed by atoms with Crippen LogP contribution in [0.15, 0.2) is 0 Å². The molecule has 0 saturated heterocycles. The Labute approximate surface area is 154 Å². The monoisotopic (exact) mass is 400 g/mol. The molecule has 10 heteroatoms. The Hall–Kier alpha value is -1.87. The number of halogens is 4. The molecule has 1 aliphatic rings. The number of rotatable bonds is 11. The van der Waals surface area contributed by atoms with Crippen molar-refractivity contribution in [3.8, 4) is 0 Å². The van der Waals surface area contributed by atoms with E-state index in [1.54, 1.807) is 20.8 Å². The van der Waals surface area contributed by atoms with Crippen LogP contribution in [0.4, 0.5) is 17.6 Å². The average molecular weight is 400 g/mol. The van der Waals surface area contributed by atoms with Crippen LogP contribution in [0.2, 0.25) is 0 Å². The fourth-order valence-electron chi connectivity index (χ4n) is 1.72. The van der Waals surface area contributed by atoms with Crippen molar-refractivity contribution >= 4 is 17.9 Å². The lowest BCUT2D eigenvalue weighted by Gasteiger charge is -2.22. The van der Waals surface area contributed by atoms with Gasteiger partial charge in [0.1, 0.15) is 13.2 Å². The Balaban J connectivity index is 2.42. The van der Waals surface area contributed by atoms with Gasteiger partial charge in [-0.1, -0.05) is 6.92 Å². The summed E-state index contributed by atoms with van der Waals surface area (Å²) < 4.78 is 67.7. The van der Waals surface area contributed by atoms with Gasteiger partial charge in [-0.3, -0.25) is 4.79 Å². The van der Waals surface area contributed by atoms with Crippen molar-refractivity contribution in [3.63, 3.8) is 0 Å². The molecule has 0 aromatic carbocycles. The molecular weight excluding hydrogens is 376 g/mol. The Kier molecular flexibility index (Phi) is 7.62. The SMILES string of the molecule is CCC(C)(C)C(=O)OCCOC(=O)C(F)(F)CC(F)(F)C(=O)OCC1CC1. The molecule has 0 amide bonds. The number of alkyl halides is 4. The number of carbonyl (C=O) groups is 3. The summed E-state index contributed by atoms with van der Waals surface area (Å²) in [7, 11) is 0. The lowest BCUT2D eigenvalue weighted by molar-refractivity contribution is -0.197.